The molecule has 10 heteroatoms. The van der Waals surface area contributed by atoms with Crippen LogP contribution in [0.3, 0.4) is 0 Å². The minimum absolute atomic E-state index is 0.0166. The average Bonchev–Trinajstić information content (AvgIpc) is 2.71. The van der Waals surface area contributed by atoms with Crippen molar-refractivity contribution in [3.8, 4) is 0 Å². The number of carbonyl (C=O) groups excluding carboxylic acids is 2. The van der Waals surface area contributed by atoms with Gasteiger partial charge in [0.05, 0.1) is 11.9 Å². The van der Waals surface area contributed by atoms with Crippen molar-refractivity contribution in [2.24, 2.45) is 0 Å². The van der Waals surface area contributed by atoms with E-state index < -0.39 is 34.3 Å². The van der Waals surface area contributed by atoms with Crippen LogP contribution in [0.5, 0.6) is 0 Å². The Kier molecular flexibility index (Phi) is 9.02. The Balaban J connectivity index is 2.40. The first-order chi connectivity index (χ1) is 15.3. The van der Waals surface area contributed by atoms with Crippen LogP contribution in [-0.4, -0.2) is 50.0 Å². The van der Waals surface area contributed by atoms with Crippen molar-refractivity contribution in [1.82, 2.24) is 10.2 Å². The zero-order valence-electron chi connectivity index (χ0n) is 19.3. The first kappa shape index (κ1) is 26.8. The van der Waals surface area contributed by atoms with Crippen molar-refractivity contribution in [2.75, 3.05) is 17.1 Å². The second-order valence-corrected chi connectivity index (χ2v) is 11.0. The summed E-state index contributed by atoms with van der Waals surface area (Å²) in [5.74, 6) is -1.35. The predicted octanol–water partition coefficient (Wildman–Crippen LogP) is 3.60. The normalized spacial score (nSPS) is 12.4. The largest absolute Gasteiger partial charge is 0.352 e. The Morgan fingerprint density at radius 3 is 2.21 bits per heavy atom. The fourth-order valence-corrected chi connectivity index (χ4v) is 4.26. The number of benzene rings is 2. The molecule has 0 aliphatic rings. The summed E-state index contributed by atoms with van der Waals surface area (Å²) in [6, 6.07) is 9.54. The maximum atomic E-state index is 13.4. The van der Waals surface area contributed by atoms with E-state index in [1.807, 2.05) is 6.92 Å². The quantitative estimate of drug-likeness (QED) is 0.525. The highest BCUT2D eigenvalue weighted by atomic mass is 79.9. The summed E-state index contributed by atoms with van der Waals surface area (Å²) in [7, 11) is -3.80. The molecule has 0 bridgehead atoms. The molecule has 33 heavy (non-hydrogen) atoms. The van der Waals surface area contributed by atoms with Gasteiger partial charge in [-0.1, -0.05) is 28.1 Å². The molecule has 1 N–H and O–H groups in total. The number of carbonyl (C=O) groups is 2. The summed E-state index contributed by atoms with van der Waals surface area (Å²) >= 11 is 3.39. The zero-order chi connectivity index (χ0) is 24.9. The van der Waals surface area contributed by atoms with E-state index in [0.29, 0.717) is 11.3 Å². The van der Waals surface area contributed by atoms with Gasteiger partial charge in [0.1, 0.15) is 18.4 Å². The van der Waals surface area contributed by atoms with Crippen molar-refractivity contribution in [2.45, 2.75) is 46.3 Å². The number of nitrogens with zero attached hydrogens (tertiary/aromatic N) is 2. The van der Waals surface area contributed by atoms with Crippen molar-refractivity contribution >= 4 is 43.5 Å². The number of amides is 2. The summed E-state index contributed by atoms with van der Waals surface area (Å²) < 4.78 is 40.3. The third-order valence-corrected chi connectivity index (χ3v) is 7.00. The van der Waals surface area contributed by atoms with Crippen LogP contribution in [0.15, 0.2) is 46.9 Å². The summed E-state index contributed by atoms with van der Waals surface area (Å²) in [6.45, 7) is 6.53. The van der Waals surface area contributed by atoms with E-state index in [4.69, 9.17) is 0 Å². The van der Waals surface area contributed by atoms with Gasteiger partial charge in [0.2, 0.25) is 21.8 Å². The van der Waals surface area contributed by atoms with E-state index in [2.05, 4.69) is 21.2 Å². The van der Waals surface area contributed by atoms with Gasteiger partial charge in [0.25, 0.3) is 0 Å². The summed E-state index contributed by atoms with van der Waals surface area (Å²) in [4.78, 5) is 27.4. The second kappa shape index (κ2) is 11.1. The third-order valence-electron chi connectivity index (χ3n) is 4.97. The molecular formula is C23H29BrFN3O4S. The lowest BCUT2D eigenvalue weighted by Crippen LogP contribution is -2.52. The van der Waals surface area contributed by atoms with Gasteiger partial charge in [-0.15, -0.1) is 0 Å². The second-order valence-electron chi connectivity index (χ2n) is 8.19. The Hall–Kier alpha value is -2.46. The van der Waals surface area contributed by atoms with Crippen molar-refractivity contribution in [3.63, 3.8) is 0 Å². The summed E-state index contributed by atoms with van der Waals surface area (Å²) in [5.41, 5.74) is 1.76. The van der Waals surface area contributed by atoms with Gasteiger partial charge < -0.3 is 10.2 Å². The highest BCUT2D eigenvalue weighted by molar-refractivity contribution is 9.10. The van der Waals surface area contributed by atoms with E-state index in [9.17, 15) is 22.4 Å². The maximum Gasteiger partial charge on any atom is 0.244 e. The molecule has 0 saturated carbocycles. The molecule has 0 aromatic heterocycles. The van der Waals surface area contributed by atoms with E-state index in [1.165, 1.54) is 29.2 Å². The van der Waals surface area contributed by atoms with Crippen molar-refractivity contribution in [1.29, 1.82) is 0 Å². The number of nitrogens with one attached hydrogen (secondary N) is 1. The Morgan fingerprint density at radius 2 is 1.70 bits per heavy atom. The number of sulfonamides is 1. The van der Waals surface area contributed by atoms with Crippen molar-refractivity contribution in [3.05, 3.63) is 63.9 Å². The van der Waals surface area contributed by atoms with E-state index >= 15 is 0 Å². The molecule has 0 fully saturated rings. The van der Waals surface area contributed by atoms with Gasteiger partial charge in [-0.3, -0.25) is 13.9 Å². The minimum Gasteiger partial charge on any atom is -0.352 e. The first-order valence-electron chi connectivity index (χ1n) is 10.4. The van der Waals surface area contributed by atoms with Crippen LogP contribution in [-0.2, 0) is 26.2 Å². The number of anilines is 1. The Morgan fingerprint density at radius 1 is 1.09 bits per heavy atom. The SMILES string of the molecule is Cc1cc(N(CC(=O)N(Cc2ccc(F)cc2)[C@H](C)C(=O)NC(C)C)S(C)(=O)=O)ccc1Br. The lowest BCUT2D eigenvalue weighted by Gasteiger charge is -2.32. The molecule has 0 unspecified atom stereocenters. The number of aryl methyl sites for hydroxylation is 1. The Bertz CT molecular complexity index is 1110. The van der Waals surface area contributed by atoms with Crippen LogP contribution in [0.1, 0.15) is 31.9 Å². The average molecular weight is 542 g/mol. The predicted molar refractivity (Wildman–Crippen MR) is 131 cm³/mol. The molecule has 1 atom stereocenters. The Labute approximate surface area is 203 Å². The summed E-state index contributed by atoms with van der Waals surface area (Å²) in [6.07, 6.45) is 1.02. The molecule has 0 saturated heterocycles. The van der Waals surface area contributed by atoms with Crippen LogP contribution in [0, 0.1) is 12.7 Å². The molecule has 2 aromatic rings. The molecular weight excluding hydrogens is 513 g/mol. The number of hydrogen-bond acceptors (Lipinski definition) is 4. The number of hydrogen-bond donors (Lipinski definition) is 1. The van der Waals surface area contributed by atoms with E-state index in [1.54, 1.807) is 39.0 Å². The van der Waals surface area contributed by atoms with E-state index in [0.717, 1.165) is 20.6 Å². The lowest BCUT2D eigenvalue weighted by atomic mass is 10.1. The highest BCUT2D eigenvalue weighted by Gasteiger charge is 2.30. The third kappa shape index (κ3) is 7.53. The van der Waals surface area contributed by atoms with Crippen molar-refractivity contribution < 1.29 is 22.4 Å². The van der Waals surface area contributed by atoms with Crippen LogP contribution < -0.4 is 9.62 Å². The molecule has 0 radical (unpaired) electrons. The zero-order valence-corrected chi connectivity index (χ0v) is 21.7. The van der Waals surface area contributed by atoms with Gasteiger partial charge >= 0.3 is 0 Å². The lowest BCUT2D eigenvalue weighted by molar-refractivity contribution is -0.139. The fraction of sp³-hybridized carbons (Fsp3) is 0.391. The summed E-state index contributed by atoms with van der Waals surface area (Å²) in [5, 5.41) is 2.77. The molecule has 2 aromatic carbocycles. The van der Waals surface area contributed by atoms with Gasteiger partial charge in [-0.2, -0.15) is 0 Å². The fourth-order valence-electron chi connectivity index (χ4n) is 3.17. The smallest absolute Gasteiger partial charge is 0.244 e. The molecule has 180 valence electrons. The van der Waals surface area contributed by atoms with Gasteiger partial charge in [-0.25, -0.2) is 12.8 Å². The van der Waals surface area contributed by atoms with Crippen LogP contribution in [0.4, 0.5) is 10.1 Å². The standard InChI is InChI=1S/C23H29BrFN3O4S/c1-15(2)26-23(30)17(4)27(13-18-6-8-19(25)9-7-18)22(29)14-28(33(5,31)32)20-10-11-21(24)16(3)12-20/h6-12,15,17H,13-14H2,1-5H3,(H,26,30)/t17-/m1/s1. The molecule has 2 rings (SSSR count). The van der Waals surface area contributed by atoms with Gasteiger partial charge in [-0.05, 0) is 69.2 Å². The molecule has 7 nitrogen and oxygen atoms in total. The number of rotatable bonds is 9. The maximum absolute atomic E-state index is 13.4. The molecule has 0 spiro atoms. The molecule has 0 aliphatic heterocycles. The van der Waals surface area contributed by atoms with Crippen LogP contribution in [0.25, 0.3) is 0 Å². The van der Waals surface area contributed by atoms with Gasteiger partial charge in [0.15, 0.2) is 0 Å². The number of halogens is 2. The van der Waals surface area contributed by atoms with Crippen LogP contribution >= 0.6 is 15.9 Å². The van der Waals surface area contributed by atoms with Gasteiger partial charge in [0, 0.05) is 17.1 Å². The first-order valence-corrected chi connectivity index (χ1v) is 13.0. The van der Waals surface area contributed by atoms with E-state index in [-0.39, 0.29) is 18.5 Å². The molecule has 2 amide bonds. The monoisotopic (exact) mass is 541 g/mol. The minimum atomic E-state index is -3.80. The van der Waals surface area contributed by atoms with Crippen LogP contribution in [0.2, 0.25) is 0 Å². The molecule has 0 heterocycles. The highest BCUT2D eigenvalue weighted by Crippen LogP contribution is 2.25. The topological polar surface area (TPSA) is 86.8 Å². The molecule has 0 aliphatic carbocycles.